The van der Waals surface area contributed by atoms with Crippen molar-refractivity contribution in [2.24, 2.45) is 5.92 Å². The molecular weight excluding hydrogens is 398 g/mol. The number of carbonyl (C=O) groups is 1. The van der Waals surface area contributed by atoms with Gasteiger partial charge in [-0.3, -0.25) is 9.10 Å². The average Bonchev–Trinajstić information content (AvgIpc) is 2.76. The van der Waals surface area contributed by atoms with Crippen LogP contribution < -0.4 is 9.62 Å². The minimum atomic E-state index is -3.64. The highest BCUT2D eigenvalue weighted by molar-refractivity contribution is 7.92. The van der Waals surface area contributed by atoms with Crippen molar-refractivity contribution in [3.8, 4) is 0 Å². The molecule has 2 aromatic carbocycles. The van der Waals surface area contributed by atoms with E-state index >= 15 is 0 Å². The van der Waals surface area contributed by atoms with Gasteiger partial charge >= 0.3 is 0 Å². The summed E-state index contributed by atoms with van der Waals surface area (Å²) in [5.74, 6) is 0.550. The van der Waals surface area contributed by atoms with Crippen molar-refractivity contribution in [3.63, 3.8) is 0 Å². The Morgan fingerprint density at radius 3 is 2.30 bits per heavy atom. The molecule has 0 spiro atoms. The lowest BCUT2D eigenvalue weighted by Crippen LogP contribution is -2.33. The van der Waals surface area contributed by atoms with Crippen molar-refractivity contribution >= 4 is 21.6 Å². The topological polar surface area (TPSA) is 69.7 Å². The highest BCUT2D eigenvalue weighted by Crippen LogP contribution is 2.24. The summed E-state index contributed by atoms with van der Waals surface area (Å²) in [5.41, 5.74) is 1.08. The van der Waals surface area contributed by atoms with Crippen LogP contribution in [0.2, 0.25) is 0 Å². The van der Waals surface area contributed by atoms with Crippen LogP contribution in [-0.4, -0.2) is 52.5 Å². The SMILES string of the molecule is CCN(c1ccc(C(=O)NCCC2CCN(C)CC2)cc1)S(=O)(=O)c1ccccc1. The van der Waals surface area contributed by atoms with Gasteiger partial charge in [-0.25, -0.2) is 8.42 Å². The number of nitrogens with one attached hydrogen (secondary N) is 1. The second-order valence-corrected chi connectivity index (χ2v) is 9.68. The first kappa shape index (κ1) is 22.3. The summed E-state index contributed by atoms with van der Waals surface area (Å²) in [7, 11) is -1.49. The number of anilines is 1. The highest BCUT2D eigenvalue weighted by atomic mass is 32.2. The van der Waals surface area contributed by atoms with E-state index in [4.69, 9.17) is 0 Å². The molecule has 1 saturated heterocycles. The highest BCUT2D eigenvalue weighted by Gasteiger charge is 2.23. The first-order valence-corrected chi connectivity index (χ1v) is 12.0. The molecular formula is C23H31N3O3S. The molecule has 0 aromatic heterocycles. The van der Waals surface area contributed by atoms with Gasteiger partial charge in [-0.05, 0) is 88.6 Å². The average molecular weight is 430 g/mol. The minimum absolute atomic E-state index is 0.122. The van der Waals surface area contributed by atoms with Gasteiger partial charge in [0.05, 0.1) is 10.6 Å². The lowest BCUT2D eigenvalue weighted by atomic mass is 9.94. The molecule has 0 atom stereocenters. The van der Waals surface area contributed by atoms with E-state index in [2.05, 4.69) is 17.3 Å². The molecule has 1 aliphatic heterocycles. The van der Waals surface area contributed by atoms with Crippen molar-refractivity contribution in [2.75, 3.05) is 37.5 Å². The molecule has 0 radical (unpaired) electrons. The third-order valence-corrected chi connectivity index (χ3v) is 7.63. The van der Waals surface area contributed by atoms with E-state index in [9.17, 15) is 13.2 Å². The van der Waals surface area contributed by atoms with Gasteiger partial charge in [0.15, 0.2) is 0 Å². The van der Waals surface area contributed by atoms with Crippen LogP contribution >= 0.6 is 0 Å². The van der Waals surface area contributed by atoms with E-state index in [1.54, 1.807) is 61.5 Å². The number of hydrogen-bond donors (Lipinski definition) is 1. The largest absolute Gasteiger partial charge is 0.352 e. The predicted molar refractivity (Wildman–Crippen MR) is 120 cm³/mol. The van der Waals surface area contributed by atoms with Gasteiger partial charge in [-0.2, -0.15) is 0 Å². The zero-order chi connectivity index (χ0) is 21.6. The van der Waals surface area contributed by atoms with Crippen molar-refractivity contribution in [1.29, 1.82) is 0 Å². The normalized spacial score (nSPS) is 15.7. The summed E-state index contributed by atoms with van der Waals surface area (Å²) >= 11 is 0. The number of amides is 1. The smallest absolute Gasteiger partial charge is 0.264 e. The Morgan fingerprint density at radius 2 is 1.70 bits per heavy atom. The summed E-state index contributed by atoms with van der Waals surface area (Å²) in [4.78, 5) is 15.1. The van der Waals surface area contributed by atoms with Crippen LogP contribution in [0.25, 0.3) is 0 Å². The third-order valence-electron chi connectivity index (χ3n) is 5.71. The van der Waals surface area contributed by atoms with E-state index in [-0.39, 0.29) is 10.8 Å². The van der Waals surface area contributed by atoms with Crippen molar-refractivity contribution in [1.82, 2.24) is 10.2 Å². The maximum absolute atomic E-state index is 12.9. The number of hydrogen-bond acceptors (Lipinski definition) is 4. The molecule has 1 aliphatic rings. The fourth-order valence-corrected chi connectivity index (χ4v) is 5.33. The van der Waals surface area contributed by atoms with Crippen LogP contribution in [0.1, 0.15) is 36.5 Å². The number of carbonyl (C=O) groups excluding carboxylic acids is 1. The molecule has 0 unspecified atom stereocenters. The summed E-state index contributed by atoms with van der Waals surface area (Å²) < 4.78 is 27.2. The fourth-order valence-electron chi connectivity index (χ4n) is 3.83. The zero-order valence-corrected chi connectivity index (χ0v) is 18.6. The lowest BCUT2D eigenvalue weighted by molar-refractivity contribution is 0.0949. The third kappa shape index (κ3) is 5.40. The second kappa shape index (κ2) is 10.1. The molecule has 1 amide bonds. The van der Waals surface area contributed by atoms with E-state index in [0.29, 0.717) is 30.3 Å². The van der Waals surface area contributed by atoms with Gasteiger partial charge in [0, 0.05) is 18.7 Å². The first-order chi connectivity index (χ1) is 14.4. The number of benzene rings is 2. The van der Waals surface area contributed by atoms with E-state index in [1.165, 1.54) is 17.1 Å². The Kier molecular flexibility index (Phi) is 7.50. The summed E-state index contributed by atoms with van der Waals surface area (Å²) in [6, 6.07) is 15.1. The molecule has 3 rings (SSSR count). The molecule has 6 nitrogen and oxygen atoms in total. The first-order valence-electron chi connectivity index (χ1n) is 10.6. The molecule has 30 heavy (non-hydrogen) atoms. The number of sulfonamides is 1. The van der Waals surface area contributed by atoms with E-state index in [0.717, 1.165) is 19.5 Å². The van der Waals surface area contributed by atoms with Gasteiger partial charge < -0.3 is 10.2 Å². The van der Waals surface area contributed by atoms with Crippen molar-refractivity contribution in [2.45, 2.75) is 31.1 Å². The maximum Gasteiger partial charge on any atom is 0.264 e. The fraction of sp³-hybridized carbons (Fsp3) is 0.435. The van der Waals surface area contributed by atoms with Crippen molar-refractivity contribution < 1.29 is 13.2 Å². The minimum Gasteiger partial charge on any atom is -0.352 e. The van der Waals surface area contributed by atoms with E-state index in [1.807, 2.05) is 0 Å². The van der Waals surface area contributed by atoms with Crippen LogP contribution in [0.3, 0.4) is 0 Å². The Hall–Kier alpha value is -2.38. The summed E-state index contributed by atoms with van der Waals surface area (Å²) in [6.07, 6.45) is 3.37. The van der Waals surface area contributed by atoms with Crippen LogP contribution in [0.15, 0.2) is 59.5 Å². The molecule has 0 saturated carbocycles. The second-order valence-electron chi connectivity index (χ2n) is 7.82. The van der Waals surface area contributed by atoms with Gasteiger partial charge in [0.2, 0.25) is 0 Å². The molecule has 0 bridgehead atoms. The van der Waals surface area contributed by atoms with E-state index < -0.39 is 10.0 Å². The molecule has 0 aliphatic carbocycles. The van der Waals surface area contributed by atoms with Crippen LogP contribution in [0.4, 0.5) is 5.69 Å². The predicted octanol–water partition coefficient (Wildman–Crippen LogP) is 3.36. The van der Waals surface area contributed by atoms with Gasteiger partial charge in [-0.15, -0.1) is 0 Å². The van der Waals surface area contributed by atoms with Crippen LogP contribution in [0.5, 0.6) is 0 Å². The van der Waals surface area contributed by atoms with Gasteiger partial charge in [0.25, 0.3) is 15.9 Å². The van der Waals surface area contributed by atoms with Crippen molar-refractivity contribution in [3.05, 3.63) is 60.2 Å². The Balaban J connectivity index is 1.60. The Labute approximate surface area is 179 Å². The lowest BCUT2D eigenvalue weighted by Gasteiger charge is -2.28. The molecule has 2 aromatic rings. The monoisotopic (exact) mass is 429 g/mol. The molecule has 162 valence electrons. The molecule has 7 heteroatoms. The zero-order valence-electron chi connectivity index (χ0n) is 17.8. The Bertz CT molecular complexity index is 922. The quantitative estimate of drug-likeness (QED) is 0.699. The summed E-state index contributed by atoms with van der Waals surface area (Å²) in [5, 5.41) is 2.99. The summed E-state index contributed by atoms with van der Waals surface area (Å²) in [6.45, 7) is 5.02. The van der Waals surface area contributed by atoms with Gasteiger partial charge in [-0.1, -0.05) is 18.2 Å². The number of nitrogens with zero attached hydrogens (tertiary/aromatic N) is 2. The van der Waals surface area contributed by atoms with Crippen LogP contribution in [-0.2, 0) is 10.0 Å². The Morgan fingerprint density at radius 1 is 1.07 bits per heavy atom. The van der Waals surface area contributed by atoms with Crippen LogP contribution in [0, 0.1) is 5.92 Å². The number of rotatable bonds is 8. The molecule has 1 heterocycles. The molecule has 1 N–H and O–H groups in total. The maximum atomic E-state index is 12.9. The standard InChI is InChI=1S/C23H31N3O3S/c1-3-26(30(28,29)22-7-5-4-6-8-22)21-11-9-20(10-12-21)23(27)24-16-13-19-14-17-25(2)18-15-19/h4-12,19H,3,13-18H2,1-2H3,(H,24,27). The number of piperidine rings is 1. The van der Waals surface area contributed by atoms with Gasteiger partial charge in [0.1, 0.15) is 0 Å². The number of likely N-dealkylation sites (tertiary alicyclic amines) is 1. The molecule has 1 fully saturated rings.